The molecule has 2 N–H and O–H groups in total. The minimum atomic E-state index is -0.507. The van der Waals surface area contributed by atoms with Gasteiger partial charge >= 0.3 is 17.9 Å². The van der Waals surface area contributed by atoms with E-state index < -0.39 is 11.2 Å². The molecule has 0 spiro atoms. The van der Waals surface area contributed by atoms with E-state index in [4.69, 9.17) is 19.9 Å². The van der Waals surface area contributed by atoms with E-state index in [2.05, 4.69) is 47.8 Å². The number of esters is 3. The van der Waals surface area contributed by atoms with Crippen LogP contribution < -0.4 is 10.6 Å². The Morgan fingerprint density at radius 2 is 1.23 bits per heavy atom. The molecule has 0 aromatic heterocycles. The van der Waals surface area contributed by atoms with E-state index in [0.717, 1.165) is 42.5 Å². The van der Waals surface area contributed by atoms with Crippen LogP contribution >= 0.6 is 47.8 Å². The van der Waals surface area contributed by atoms with E-state index in [1.807, 2.05) is 122 Å². The molecule has 308 valence electrons. The third kappa shape index (κ3) is 15.0. The van der Waals surface area contributed by atoms with Gasteiger partial charge in [0.15, 0.2) is 0 Å². The summed E-state index contributed by atoms with van der Waals surface area (Å²) in [5.41, 5.74) is 11.2. The maximum atomic E-state index is 12.7. The lowest BCUT2D eigenvalue weighted by Gasteiger charge is -2.23. The first-order valence-electron chi connectivity index (χ1n) is 18.2. The Hall–Kier alpha value is -4.00. The summed E-state index contributed by atoms with van der Waals surface area (Å²) in [6.07, 6.45) is 0. The van der Waals surface area contributed by atoms with E-state index >= 15 is 0 Å². The smallest absolute Gasteiger partial charge is 0.338 e. The molecule has 1 aliphatic heterocycles. The van der Waals surface area contributed by atoms with Gasteiger partial charge in [-0.05, 0) is 133 Å². The van der Waals surface area contributed by atoms with Crippen LogP contribution in [-0.4, -0.2) is 41.6 Å². The number of amides is 1. The summed E-state index contributed by atoms with van der Waals surface area (Å²) in [5, 5.41) is 0.647. The third-order valence-electron chi connectivity index (χ3n) is 8.25. The number of halogens is 3. The molecule has 4 aromatic carbocycles. The van der Waals surface area contributed by atoms with Crippen molar-refractivity contribution >= 4 is 83.0 Å². The van der Waals surface area contributed by atoms with Crippen molar-refractivity contribution < 1.29 is 33.4 Å². The van der Waals surface area contributed by atoms with Gasteiger partial charge in [0.1, 0.15) is 11.2 Å². The molecule has 0 saturated heterocycles. The Bertz CT molecular complexity index is 1990. The quantitative estimate of drug-likeness (QED) is 0.0801. The summed E-state index contributed by atoms with van der Waals surface area (Å²) in [6, 6.07) is 26.2. The van der Waals surface area contributed by atoms with Crippen LogP contribution in [0.15, 0.2) is 93.9 Å². The number of ether oxygens (including phenoxy) is 3. The van der Waals surface area contributed by atoms with Crippen LogP contribution in [0.3, 0.4) is 0 Å². The number of nitrogens with two attached hydrogens (primary N) is 1. The van der Waals surface area contributed by atoms with Gasteiger partial charge in [0.05, 0.1) is 30.6 Å². The zero-order chi connectivity index (χ0) is 42.0. The molecule has 57 heavy (non-hydrogen) atoms. The lowest BCUT2D eigenvalue weighted by molar-refractivity contribution is -0.157. The zero-order valence-corrected chi connectivity index (χ0v) is 38.1. The SMILES string of the molecule is C.CC(C(=O)OC(C)(C)C)c1ccc(N)cc1.CC(C(=O)OC(C)(C)C)c1ccc(N2Cc3ccc(Br)cc3C2=O)cc1.CCOC(=O)c1cc(Br)ccc1CBr. The van der Waals surface area contributed by atoms with Gasteiger partial charge in [-0.15, -0.1) is 0 Å². The third-order valence-corrected chi connectivity index (χ3v) is 9.84. The first kappa shape index (κ1) is 49.1. The highest BCUT2D eigenvalue weighted by molar-refractivity contribution is 9.10. The summed E-state index contributed by atoms with van der Waals surface area (Å²) in [6.45, 7) is 17.6. The van der Waals surface area contributed by atoms with Gasteiger partial charge in [0.2, 0.25) is 0 Å². The normalized spacial score (nSPS) is 13.0. The molecule has 9 nitrogen and oxygen atoms in total. The van der Waals surface area contributed by atoms with E-state index in [1.54, 1.807) is 30.0 Å². The number of nitrogen functional groups attached to an aromatic ring is 1. The molecular weight excluding hydrogens is 920 g/mol. The molecule has 1 aliphatic rings. The van der Waals surface area contributed by atoms with Gasteiger partial charge in [-0.3, -0.25) is 14.4 Å². The van der Waals surface area contributed by atoms with E-state index in [1.165, 1.54) is 0 Å². The second-order valence-corrected chi connectivity index (χ2v) is 17.5. The summed E-state index contributed by atoms with van der Waals surface area (Å²) < 4.78 is 17.5. The lowest BCUT2D eigenvalue weighted by Crippen LogP contribution is -2.27. The Labute approximate surface area is 363 Å². The van der Waals surface area contributed by atoms with Gasteiger partial charge in [-0.1, -0.05) is 91.6 Å². The number of rotatable bonds is 8. The topological polar surface area (TPSA) is 125 Å². The molecule has 0 radical (unpaired) electrons. The highest BCUT2D eigenvalue weighted by Crippen LogP contribution is 2.31. The van der Waals surface area contributed by atoms with Gasteiger partial charge in [-0.25, -0.2) is 4.79 Å². The van der Waals surface area contributed by atoms with Crippen LogP contribution in [0.2, 0.25) is 0 Å². The summed E-state index contributed by atoms with van der Waals surface area (Å²) in [5.74, 6) is -1.36. The Morgan fingerprint density at radius 3 is 1.70 bits per heavy atom. The molecule has 4 aromatic rings. The molecule has 2 atom stereocenters. The van der Waals surface area contributed by atoms with Crippen molar-refractivity contribution in [1.29, 1.82) is 0 Å². The van der Waals surface area contributed by atoms with Crippen LogP contribution in [0.4, 0.5) is 11.4 Å². The number of fused-ring (bicyclic) bond motifs is 1. The first-order chi connectivity index (χ1) is 26.1. The Kier molecular flexibility index (Phi) is 18.7. The van der Waals surface area contributed by atoms with E-state index in [0.29, 0.717) is 29.7 Å². The second-order valence-electron chi connectivity index (χ2n) is 15.1. The van der Waals surface area contributed by atoms with Crippen LogP contribution in [0.25, 0.3) is 0 Å². The fraction of sp³-hybridized carbons (Fsp3) is 0.378. The second kappa shape index (κ2) is 21.7. The molecule has 12 heteroatoms. The fourth-order valence-electron chi connectivity index (χ4n) is 5.33. The summed E-state index contributed by atoms with van der Waals surface area (Å²) in [4.78, 5) is 50.0. The van der Waals surface area contributed by atoms with Gasteiger partial charge in [-0.2, -0.15) is 0 Å². The molecule has 5 rings (SSSR count). The van der Waals surface area contributed by atoms with Crippen molar-refractivity contribution in [2.24, 2.45) is 0 Å². The van der Waals surface area contributed by atoms with Crippen molar-refractivity contribution in [3.8, 4) is 0 Å². The standard InChI is InChI=1S/C21H22BrNO3.C13H19NO2.C10H10Br2O2.CH4/c1-13(20(25)26-21(2,3)4)14-6-9-17(10-7-14)23-12-15-5-8-16(22)11-18(15)19(23)24;1-9(12(15)16-13(2,3)4)10-5-7-11(14)8-6-10;1-2-14-10(13)9-5-8(12)4-3-7(9)6-11;/h5-11,13H,12H2,1-4H3;5-9H,14H2,1-4H3;3-5H,2,6H2,1H3;1H4. The van der Waals surface area contributed by atoms with Crippen molar-refractivity contribution in [2.75, 3.05) is 17.2 Å². The molecular formula is C45H55Br3N2O7. The molecule has 0 saturated carbocycles. The minimum absolute atomic E-state index is 0. The van der Waals surface area contributed by atoms with Crippen molar-refractivity contribution in [1.82, 2.24) is 0 Å². The number of nitrogens with zero attached hydrogens (tertiary/aromatic N) is 1. The van der Waals surface area contributed by atoms with Gasteiger partial charge < -0.3 is 24.8 Å². The summed E-state index contributed by atoms with van der Waals surface area (Å²) in [7, 11) is 0. The number of hydrogen-bond acceptors (Lipinski definition) is 8. The number of carbonyl (C=O) groups excluding carboxylic acids is 4. The Morgan fingerprint density at radius 1 is 0.754 bits per heavy atom. The van der Waals surface area contributed by atoms with Gasteiger partial charge in [0.25, 0.3) is 5.91 Å². The summed E-state index contributed by atoms with van der Waals surface area (Å²) >= 11 is 10.1. The lowest BCUT2D eigenvalue weighted by atomic mass is 10.0. The highest BCUT2D eigenvalue weighted by atomic mass is 79.9. The fourth-order valence-corrected chi connectivity index (χ4v) is 6.54. The maximum Gasteiger partial charge on any atom is 0.338 e. The number of alkyl halides is 1. The zero-order valence-electron chi connectivity index (χ0n) is 33.4. The minimum Gasteiger partial charge on any atom is -0.462 e. The van der Waals surface area contributed by atoms with Crippen LogP contribution in [-0.2, 0) is 35.7 Å². The number of benzene rings is 4. The predicted octanol–water partition coefficient (Wildman–Crippen LogP) is 11.9. The van der Waals surface area contributed by atoms with Crippen LogP contribution in [0.1, 0.15) is 125 Å². The monoisotopic (exact) mass is 972 g/mol. The van der Waals surface area contributed by atoms with E-state index in [-0.39, 0.29) is 43.1 Å². The van der Waals surface area contributed by atoms with E-state index in [9.17, 15) is 19.2 Å². The average molecular weight is 976 g/mol. The average Bonchev–Trinajstić information content (AvgIpc) is 3.45. The number of hydrogen-bond donors (Lipinski definition) is 1. The predicted molar refractivity (Wildman–Crippen MR) is 240 cm³/mol. The first-order valence-corrected chi connectivity index (χ1v) is 20.9. The number of anilines is 2. The Balaban J connectivity index is 0.000000313. The van der Waals surface area contributed by atoms with Crippen LogP contribution in [0, 0.1) is 0 Å². The molecule has 2 unspecified atom stereocenters. The van der Waals surface area contributed by atoms with Crippen LogP contribution in [0.5, 0.6) is 0 Å². The molecule has 0 bridgehead atoms. The maximum absolute atomic E-state index is 12.7. The molecule has 0 aliphatic carbocycles. The van der Waals surface area contributed by atoms with Crippen molar-refractivity contribution in [3.63, 3.8) is 0 Å². The molecule has 1 heterocycles. The number of carbonyl (C=O) groups is 4. The largest absolute Gasteiger partial charge is 0.462 e. The van der Waals surface area contributed by atoms with Crippen molar-refractivity contribution in [2.45, 2.75) is 105 Å². The molecule has 0 fully saturated rings. The highest BCUT2D eigenvalue weighted by Gasteiger charge is 2.29. The van der Waals surface area contributed by atoms with Crippen molar-refractivity contribution in [3.05, 3.63) is 127 Å². The van der Waals surface area contributed by atoms with Gasteiger partial charge in [0, 0.05) is 31.2 Å². The molecule has 1 amide bonds.